The normalized spacial score (nSPS) is 16.4. The molecular weight excluding hydrogens is 188 g/mol. The average molecular weight is 216 g/mol. The van der Waals surface area contributed by atoms with Gasteiger partial charge in [0.2, 0.25) is 0 Å². The maximum Gasteiger partial charge on any atom is 0.0633 e. The summed E-state index contributed by atoms with van der Waals surface area (Å²) in [6, 6.07) is 0.269. The summed E-state index contributed by atoms with van der Waals surface area (Å²) in [7, 11) is 0. The highest BCUT2D eigenvalue weighted by atomic mass is 16.5. The second-order valence-electron chi connectivity index (χ2n) is 5.44. The van der Waals surface area contributed by atoms with E-state index in [-0.39, 0.29) is 6.04 Å². The van der Waals surface area contributed by atoms with Gasteiger partial charge in [0.25, 0.3) is 0 Å². The Morgan fingerprint density at radius 3 is 2.33 bits per heavy atom. The Balaban J connectivity index is 3.88. The van der Waals surface area contributed by atoms with Gasteiger partial charge in [0.15, 0.2) is 0 Å². The van der Waals surface area contributed by atoms with Gasteiger partial charge in [-0.3, -0.25) is 11.3 Å². The lowest BCUT2D eigenvalue weighted by atomic mass is 9.78. The minimum absolute atomic E-state index is 0.269. The Morgan fingerprint density at radius 2 is 1.93 bits per heavy atom. The molecule has 0 saturated heterocycles. The van der Waals surface area contributed by atoms with Gasteiger partial charge < -0.3 is 4.74 Å². The molecule has 0 rings (SSSR count). The molecule has 0 radical (unpaired) electrons. The van der Waals surface area contributed by atoms with Crippen LogP contribution in [0, 0.1) is 11.3 Å². The summed E-state index contributed by atoms with van der Waals surface area (Å²) in [6.45, 7) is 12.7. The van der Waals surface area contributed by atoms with Gasteiger partial charge in [0, 0.05) is 12.6 Å². The van der Waals surface area contributed by atoms with Crippen LogP contribution >= 0.6 is 0 Å². The minimum Gasteiger partial charge on any atom is -0.380 e. The molecule has 2 atom stereocenters. The van der Waals surface area contributed by atoms with Crippen molar-refractivity contribution >= 4 is 0 Å². The SMILES string of the molecule is CCCOCC(CC(C)C(C)(C)C)NN. The number of ether oxygens (including phenoxy) is 1. The number of hydrazine groups is 1. The lowest BCUT2D eigenvalue weighted by Crippen LogP contribution is -2.41. The van der Waals surface area contributed by atoms with Crippen LogP contribution in [0.5, 0.6) is 0 Å². The smallest absolute Gasteiger partial charge is 0.0633 e. The third-order valence-corrected chi connectivity index (χ3v) is 3.02. The summed E-state index contributed by atoms with van der Waals surface area (Å²) in [5.74, 6) is 6.15. The van der Waals surface area contributed by atoms with Crippen LogP contribution in [0.4, 0.5) is 0 Å². The molecule has 0 aliphatic rings. The van der Waals surface area contributed by atoms with Gasteiger partial charge in [-0.05, 0) is 24.2 Å². The Labute approximate surface area is 94.7 Å². The van der Waals surface area contributed by atoms with E-state index in [1.165, 1.54) is 0 Å². The average Bonchev–Trinajstić information content (AvgIpc) is 2.14. The van der Waals surface area contributed by atoms with Crippen LogP contribution in [0.2, 0.25) is 0 Å². The van der Waals surface area contributed by atoms with Gasteiger partial charge in [-0.15, -0.1) is 0 Å². The monoisotopic (exact) mass is 216 g/mol. The van der Waals surface area contributed by atoms with Crippen LogP contribution in [0.1, 0.15) is 47.5 Å². The van der Waals surface area contributed by atoms with Crippen molar-refractivity contribution < 1.29 is 4.74 Å². The maximum atomic E-state index is 5.52. The van der Waals surface area contributed by atoms with Crippen LogP contribution in [-0.4, -0.2) is 19.3 Å². The van der Waals surface area contributed by atoms with E-state index in [9.17, 15) is 0 Å². The largest absolute Gasteiger partial charge is 0.380 e. The summed E-state index contributed by atoms with van der Waals surface area (Å²) in [4.78, 5) is 0. The van der Waals surface area contributed by atoms with Gasteiger partial charge in [-0.2, -0.15) is 0 Å². The van der Waals surface area contributed by atoms with E-state index < -0.39 is 0 Å². The molecule has 0 aromatic heterocycles. The Morgan fingerprint density at radius 1 is 1.33 bits per heavy atom. The van der Waals surface area contributed by atoms with Crippen molar-refractivity contribution in [1.29, 1.82) is 0 Å². The van der Waals surface area contributed by atoms with Crippen LogP contribution in [-0.2, 0) is 4.74 Å². The summed E-state index contributed by atoms with van der Waals surface area (Å²) < 4.78 is 5.51. The van der Waals surface area contributed by atoms with E-state index in [0.29, 0.717) is 17.9 Å². The van der Waals surface area contributed by atoms with E-state index in [4.69, 9.17) is 10.6 Å². The fourth-order valence-electron chi connectivity index (χ4n) is 1.33. The second-order valence-corrected chi connectivity index (χ2v) is 5.44. The summed E-state index contributed by atoms with van der Waals surface area (Å²) in [5.41, 5.74) is 3.17. The number of nitrogens with one attached hydrogen (secondary N) is 1. The highest BCUT2D eigenvalue weighted by Gasteiger charge is 2.23. The van der Waals surface area contributed by atoms with Gasteiger partial charge >= 0.3 is 0 Å². The van der Waals surface area contributed by atoms with Crippen molar-refractivity contribution in [1.82, 2.24) is 5.43 Å². The number of hydrogen-bond donors (Lipinski definition) is 2. The molecule has 3 N–H and O–H groups in total. The first-order chi connectivity index (χ1) is 6.91. The molecule has 0 spiro atoms. The zero-order valence-corrected chi connectivity index (χ0v) is 11.0. The lowest BCUT2D eigenvalue weighted by molar-refractivity contribution is 0.0951. The number of rotatable bonds is 7. The molecular formula is C12H28N2O. The summed E-state index contributed by atoms with van der Waals surface area (Å²) >= 11 is 0. The summed E-state index contributed by atoms with van der Waals surface area (Å²) in [6.07, 6.45) is 2.12. The molecule has 0 aliphatic carbocycles. The van der Waals surface area contributed by atoms with Crippen molar-refractivity contribution in [3.05, 3.63) is 0 Å². The zero-order chi connectivity index (χ0) is 11.9. The third kappa shape index (κ3) is 6.88. The molecule has 92 valence electrons. The first kappa shape index (κ1) is 14.9. The van der Waals surface area contributed by atoms with E-state index in [0.717, 1.165) is 19.4 Å². The topological polar surface area (TPSA) is 47.3 Å². The second kappa shape index (κ2) is 7.20. The molecule has 0 saturated carbocycles. The Kier molecular flexibility index (Phi) is 7.14. The Bertz CT molecular complexity index is 154. The highest BCUT2D eigenvalue weighted by Crippen LogP contribution is 2.28. The number of hydrogen-bond acceptors (Lipinski definition) is 3. The molecule has 3 heteroatoms. The van der Waals surface area contributed by atoms with E-state index in [1.54, 1.807) is 0 Å². The first-order valence-corrected chi connectivity index (χ1v) is 5.95. The summed E-state index contributed by atoms with van der Waals surface area (Å²) in [5, 5.41) is 0. The first-order valence-electron chi connectivity index (χ1n) is 5.95. The molecule has 0 amide bonds. The molecule has 0 aromatic carbocycles. The fourth-order valence-corrected chi connectivity index (χ4v) is 1.33. The van der Waals surface area contributed by atoms with Crippen LogP contribution in [0.3, 0.4) is 0 Å². The molecule has 0 fully saturated rings. The molecule has 0 aliphatic heterocycles. The van der Waals surface area contributed by atoms with Gasteiger partial charge in [0.05, 0.1) is 6.61 Å². The minimum atomic E-state index is 0.269. The zero-order valence-electron chi connectivity index (χ0n) is 11.0. The molecule has 0 heterocycles. The molecule has 15 heavy (non-hydrogen) atoms. The standard InChI is InChI=1S/C12H28N2O/c1-6-7-15-9-11(14-13)8-10(2)12(3,4)5/h10-11,14H,6-9,13H2,1-5H3. The van der Waals surface area contributed by atoms with E-state index in [2.05, 4.69) is 40.0 Å². The lowest BCUT2D eigenvalue weighted by Gasteiger charge is -2.30. The van der Waals surface area contributed by atoms with Crippen LogP contribution in [0.25, 0.3) is 0 Å². The molecule has 2 unspecified atom stereocenters. The van der Waals surface area contributed by atoms with E-state index >= 15 is 0 Å². The van der Waals surface area contributed by atoms with Crippen LogP contribution in [0.15, 0.2) is 0 Å². The predicted octanol–water partition coefficient (Wildman–Crippen LogP) is 2.32. The third-order valence-electron chi connectivity index (χ3n) is 3.02. The molecule has 0 bridgehead atoms. The van der Waals surface area contributed by atoms with Gasteiger partial charge in [0.1, 0.15) is 0 Å². The van der Waals surface area contributed by atoms with Crippen molar-refractivity contribution in [3.8, 4) is 0 Å². The van der Waals surface area contributed by atoms with Crippen molar-refractivity contribution in [3.63, 3.8) is 0 Å². The van der Waals surface area contributed by atoms with Crippen molar-refractivity contribution in [2.45, 2.75) is 53.5 Å². The quantitative estimate of drug-likeness (QED) is 0.390. The van der Waals surface area contributed by atoms with E-state index in [1.807, 2.05) is 0 Å². The van der Waals surface area contributed by atoms with Gasteiger partial charge in [-0.1, -0.05) is 34.6 Å². The molecule has 0 aromatic rings. The fraction of sp³-hybridized carbons (Fsp3) is 1.00. The van der Waals surface area contributed by atoms with Crippen molar-refractivity contribution in [2.24, 2.45) is 17.2 Å². The Hall–Kier alpha value is -0.120. The number of nitrogens with two attached hydrogens (primary N) is 1. The predicted molar refractivity (Wildman–Crippen MR) is 65.5 cm³/mol. The maximum absolute atomic E-state index is 5.52. The van der Waals surface area contributed by atoms with Crippen LogP contribution < -0.4 is 11.3 Å². The van der Waals surface area contributed by atoms with Gasteiger partial charge in [-0.25, -0.2) is 0 Å². The molecule has 3 nitrogen and oxygen atoms in total. The highest BCUT2D eigenvalue weighted by molar-refractivity contribution is 4.75. The van der Waals surface area contributed by atoms with Crippen molar-refractivity contribution in [2.75, 3.05) is 13.2 Å².